The van der Waals surface area contributed by atoms with Crippen LogP contribution in [0.25, 0.3) is 0 Å². The summed E-state index contributed by atoms with van der Waals surface area (Å²) in [5, 5.41) is 2.08. The third kappa shape index (κ3) is 2.55. The molecule has 0 fully saturated rings. The van der Waals surface area contributed by atoms with Crippen molar-refractivity contribution < 1.29 is 0 Å². The van der Waals surface area contributed by atoms with Crippen molar-refractivity contribution in [3.8, 4) is 0 Å². The highest BCUT2D eigenvalue weighted by Crippen LogP contribution is 2.23. The van der Waals surface area contributed by atoms with Crippen LogP contribution in [0.3, 0.4) is 0 Å². The Hall–Kier alpha value is -1.62. The highest BCUT2D eigenvalue weighted by atomic mass is 32.1. The number of nitrogen functional groups attached to an aromatic ring is 1. The van der Waals surface area contributed by atoms with Crippen LogP contribution in [0.4, 0.5) is 11.6 Å². The normalized spacial score (nSPS) is 10.5. The average Bonchev–Trinajstić information content (AvgIpc) is 2.81. The zero-order chi connectivity index (χ0) is 12.3. The molecule has 0 unspecified atom stereocenters. The fraction of sp³-hybridized carbons (Fsp3) is 0.333. The molecule has 4 nitrogen and oxygen atoms in total. The molecular weight excluding hydrogens is 232 g/mol. The van der Waals surface area contributed by atoms with Gasteiger partial charge in [0.25, 0.3) is 0 Å². The third-order valence-corrected chi connectivity index (χ3v) is 3.51. The zero-order valence-corrected chi connectivity index (χ0v) is 10.9. The Labute approximate surface area is 105 Å². The fourth-order valence-electron chi connectivity index (χ4n) is 1.80. The van der Waals surface area contributed by atoms with Crippen molar-refractivity contribution in [3.05, 3.63) is 34.3 Å². The molecule has 0 amide bonds. The Morgan fingerprint density at radius 1 is 1.41 bits per heavy atom. The van der Waals surface area contributed by atoms with Crippen molar-refractivity contribution in [1.82, 2.24) is 9.97 Å². The number of nitrogens with zero attached hydrogens (tertiary/aromatic N) is 3. The van der Waals surface area contributed by atoms with E-state index in [1.54, 1.807) is 11.3 Å². The SMILES string of the molecule is CCc1c(N)ncnc1N(C)Cc1cccs1. The Kier molecular flexibility index (Phi) is 3.58. The molecule has 90 valence electrons. The van der Waals surface area contributed by atoms with Crippen LogP contribution < -0.4 is 10.6 Å². The van der Waals surface area contributed by atoms with E-state index in [9.17, 15) is 0 Å². The molecule has 0 bridgehead atoms. The van der Waals surface area contributed by atoms with E-state index < -0.39 is 0 Å². The van der Waals surface area contributed by atoms with Crippen LogP contribution in [-0.2, 0) is 13.0 Å². The summed E-state index contributed by atoms with van der Waals surface area (Å²) in [4.78, 5) is 11.8. The van der Waals surface area contributed by atoms with Crippen LogP contribution >= 0.6 is 11.3 Å². The minimum absolute atomic E-state index is 0.579. The van der Waals surface area contributed by atoms with Crippen LogP contribution in [0.15, 0.2) is 23.8 Å². The summed E-state index contributed by atoms with van der Waals surface area (Å²) < 4.78 is 0. The second-order valence-electron chi connectivity index (χ2n) is 3.85. The number of aromatic nitrogens is 2. The second kappa shape index (κ2) is 5.14. The molecule has 2 aromatic rings. The molecule has 0 atom stereocenters. The number of anilines is 2. The van der Waals surface area contributed by atoms with E-state index >= 15 is 0 Å². The predicted molar refractivity (Wildman–Crippen MR) is 72.2 cm³/mol. The molecular formula is C12H16N4S. The first-order chi connectivity index (χ1) is 8.22. The van der Waals surface area contributed by atoms with E-state index in [0.29, 0.717) is 5.82 Å². The summed E-state index contributed by atoms with van der Waals surface area (Å²) in [5.74, 6) is 1.50. The van der Waals surface area contributed by atoms with Crippen LogP contribution in [0.2, 0.25) is 0 Å². The van der Waals surface area contributed by atoms with Crippen molar-refractivity contribution in [2.24, 2.45) is 0 Å². The summed E-state index contributed by atoms with van der Waals surface area (Å²) in [6.45, 7) is 2.92. The van der Waals surface area contributed by atoms with Crippen molar-refractivity contribution in [2.75, 3.05) is 17.7 Å². The maximum atomic E-state index is 5.87. The lowest BCUT2D eigenvalue weighted by atomic mass is 10.2. The van der Waals surface area contributed by atoms with Crippen LogP contribution in [0.1, 0.15) is 17.4 Å². The first-order valence-corrected chi connectivity index (χ1v) is 6.43. The molecule has 2 heterocycles. The molecule has 2 rings (SSSR count). The Balaban J connectivity index is 2.24. The van der Waals surface area contributed by atoms with Crippen LogP contribution in [0.5, 0.6) is 0 Å². The van der Waals surface area contributed by atoms with Gasteiger partial charge < -0.3 is 10.6 Å². The summed E-state index contributed by atoms with van der Waals surface area (Å²) in [7, 11) is 2.03. The van der Waals surface area contributed by atoms with Gasteiger partial charge in [0, 0.05) is 17.5 Å². The van der Waals surface area contributed by atoms with Gasteiger partial charge in [-0.3, -0.25) is 0 Å². The third-order valence-electron chi connectivity index (χ3n) is 2.64. The number of thiophene rings is 1. The molecule has 0 aliphatic carbocycles. The maximum Gasteiger partial charge on any atom is 0.137 e. The molecule has 17 heavy (non-hydrogen) atoms. The van der Waals surface area contributed by atoms with E-state index in [2.05, 4.69) is 39.3 Å². The van der Waals surface area contributed by atoms with Crippen molar-refractivity contribution in [1.29, 1.82) is 0 Å². The maximum absolute atomic E-state index is 5.87. The van der Waals surface area contributed by atoms with E-state index in [1.165, 1.54) is 11.2 Å². The Morgan fingerprint density at radius 2 is 2.24 bits per heavy atom. The van der Waals surface area contributed by atoms with Gasteiger partial charge in [0.2, 0.25) is 0 Å². The quantitative estimate of drug-likeness (QED) is 0.902. The summed E-state index contributed by atoms with van der Waals surface area (Å²) in [6, 6.07) is 4.18. The van der Waals surface area contributed by atoms with E-state index in [4.69, 9.17) is 5.73 Å². The van der Waals surface area contributed by atoms with Crippen molar-refractivity contribution >= 4 is 23.0 Å². The fourth-order valence-corrected chi connectivity index (χ4v) is 2.55. The smallest absolute Gasteiger partial charge is 0.137 e. The molecule has 2 aromatic heterocycles. The molecule has 0 saturated heterocycles. The van der Waals surface area contributed by atoms with Crippen LogP contribution in [-0.4, -0.2) is 17.0 Å². The largest absolute Gasteiger partial charge is 0.383 e. The Bertz CT molecular complexity index is 481. The lowest BCUT2D eigenvalue weighted by Gasteiger charge is -2.20. The molecule has 0 radical (unpaired) electrons. The first-order valence-electron chi connectivity index (χ1n) is 5.55. The molecule has 0 saturated carbocycles. The van der Waals surface area contributed by atoms with Crippen molar-refractivity contribution in [2.45, 2.75) is 19.9 Å². The van der Waals surface area contributed by atoms with Crippen molar-refractivity contribution in [3.63, 3.8) is 0 Å². The van der Waals surface area contributed by atoms with Gasteiger partial charge in [-0.05, 0) is 17.9 Å². The monoisotopic (exact) mass is 248 g/mol. The number of hydrogen-bond donors (Lipinski definition) is 1. The average molecular weight is 248 g/mol. The minimum Gasteiger partial charge on any atom is -0.383 e. The summed E-state index contributed by atoms with van der Waals surface area (Å²) >= 11 is 1.75. The van der Waals surface area contributed by atoms with Gasteiger partial charge in [0.05, 0.1) is 6.54 Å². The number of nitrogens with two attached hydrogens (primary N) is 1. The van der Waals surface area contributed by atoms with Crippen LogP contribution in [0, 0.1) is 0 Å². The number of rotatable bonds is 4. The lowest BCUT2D eigenvalue weighted by molar-refractivity contribution is 0.884. The Morgan fingerprint density at radius 3 is 2.88 bits per heavy atom. The molecule has 0 spiro atoms. The second-order valence-corrected chi connectivity index (χ2v) is 4.88. The predicted octanol–water partition coefficient (Wildman–Crippen LogP) is 2.32. The lowest BCUT2D eigenvalue weighted by Crippen LogP contribution is -2.19. The number of hydrogen-bond acceptors (Lipinski definition) is 5. The van der Waals surface area contributed by atoms with E-state index in [0.717, 1.165) is 24.3 Å². The van der Waals surface area contributed by atoms with Gasteiger partial charge in [-0.1, -0.05) is 13.0 Å². The van der Waals surface area contributed by atoms with Gasteiger partial charge in [-0.15, -0.1) is 11.3 Å². The van der Waals surface area contributed by atoms with Gasteiger partial charge in [-0.2, -0.15) is 0 Å². The minimum atomic E-state index is 0.579. The molecule has 5 heteroatoms. The topological polar surface area (TPSA) is 55.0 Å². The van der Waals surface area contributed by atoms with E-state index in [-0.39, 0.29) is 0 Å². The van der Waals surface area contributed by atoms with Gasteiger partial charge >= 0.3 is 0 Å². The highest BCUT2D eigenvalue weighted by molar-refractivity contribution is 7.09. The highest BCUT2D eigenvalue weighted by Gasteiger charge is 2.12. The van der Waals surface area contributed by atoms with Gasteiger partial charge in [0.1, 0.15) is 18.0 Å². The summed E-state index contributed by atoms with van der Waals surface area (Å²) in [6.07, 6.45) is 2.37. The van der Waals surface area contributed by atoms with Gasteiger partial charge in [0.15, 0.2) is 0 Å². The van der Waals surface area contributed by atoms with E-state index in [1.807, 2.05) is 7.05 Å². The standard InChI is InChI=1S/C12H16N4S/c1-3-10-11(13)14-8-15-12(10)16(2)7-9-5-4-6-17-9/h4-6,8H,3,7H2,1-2H3,(H2,13,14,15). The summed E-state index contributed by atoms with van der Waals surface area (Å²) in [5.41, 5.74) is 6.89. The molecule has 0 aliphatic rings. The zero-order valence-electron chi connectivity index (χ0n) is 10.1. The first kappa shape index (κ1) is 11.9. The van der Waals surface area contributed by atoms with Gasteiger partial charge in [-0.25, -0.2) is 9.97 Å². The molecule has 2 N–H and O–H groups in total. The molecule has 0 aromatic carbocycles. The molecule has 0 aliphatic heterocycles.